The molecule has 0 aliphatic carbocycles. The minimum atomic E-state index is 0.904. The van der Waals surface area contributed by atoms with Gasteiger partial charge in [-0.15, -0.1) is 0 Å². The summed E-state index contributed by atoms with van der Waals surface area (Å²) >= 11 is 0. The van der Waals surface area contributed by atoms with Crippen molar-refractivity contribution < 1.29 is 4.79 Å². The van der Waals surface area contributed by atoms with Gasteiger partial charge in [0.15, 0.2) is 0 Å². The highest BCUT2D eigenvalue weighted by atomic mass is 16.1. The lowest BCUT2D eigenvalue weighted by atomic mass is 10.1. The van der Waals surface area contributed by atoms with Crippen LogP contribution in [0.4, 0.5) is 0 Å². The highest BCUT2D eigenvalue weighted by molar-refractivity contribution is 5.44. The first-order chi connectivity index (χ1) is 9.41. The molecule has 0 unspecified atom stereocenters. The van der Waals surface area contributed by atoms with E-state index in [2.05, 4.69) is 31.2 Å². The quantitative estimate of drug-likeness (QED) is 0.233. The fraction of sp³-hybridized carbons (Fsp3) is 0.667. The molecule has 0 aromatic carbocycles. The molecule has 0 heterocycles. The molecule has 0 spiro atoms. The van der Waals surface area contributed by atoms with Crippen LogP contribution in [0, 0.1) is 0 Å². The van der Waals surface area contributed by atoms with Crippen molar-refractivity contribution in [3.8, 4) is 0 Å². The molecule has 0 aliphatic rings. The molecule has 0 saturated carbocycles. The molecule has 0 aromatic rings. The third-order valence-electron chi connectivity index (χ3n) is 3.14. The van der Waals surface area contributed by atoms with Crippen molar-refractivity contribution in [2.75, 3.05) is 0 Å². The van der Waals surface area contributed by atoms with Gasteiger partial charge in [0, 0.05) is 0 Å². The van der Waals surface area contributed by atoms with Crippen LogP contribution in [-0.2, 0) is 4.79 Å². The number of rotatable bonds is 13. The zero-order chi connectivity index (χ0) is 14.0. The van der Waals surface area contributed by atoms with Gasteiger partial charge in [0.2, 0.25) is 0 Å². The van der Waals surface area contributed by atoms with E-state index in [0.29, 0.717) is 0 Å². The average molecular weight is 262 g/mol. The Morgan fingerprint density at radius 1 is 0.737 bits per heavy atom. The van der Waals surface area contributed by atoms with E-state index in [1.165, 1.54) is 44.9 Å². The maximum Gasteiger partial charge on any atom is 0.120 e. The molecule has 0 rings (SSSR count). The number of allylic oxidation sites excluding steroid dienone is 5. The van der Waals surface area contributed by atoms with Crippen LogP contribution in [0.1, 0.15) is 77.6 Å². The molecule has 1 heteroatoms. The van der Waals surface area contributed by atoms with Gasteiger partial charge in [0.25, 0.3) is 0 Å². The predicted molar refractivity (Wildman–Crippen MR) is 85.0 cm³/mol. The molecule has 0 aromatic heterocycles. The van der Waals surface area contributed by atoms with Gasteiger partial charge in [-0.05, 0) is 44.6 Å². The highest BCUT2D eigenvalue weighted by Crippen LogP contribution is 2.10. The molecule has 19 heavy (non-hydrogen) atoms. The van der Waals surface area contributed by atoms with Gasteiger partial charge in [0.05, 0.1) is 0 Å². The Hall–Kier alpha value is -1.07. The first-order valence-corrected chi connectivity index (χ1v) is 7.91. The monoisotopic (exact) mass is 262 g/mol. The number of unbranched alkanes of at least 4 members (excludes halogenated alkanes) is 8. The largest absolute Gasteiger partial charge is 0.234 e. The van der Waals surface area contributed by atoms with Crippen LogP contribution in [0.15, 0.2) is 30.4 Å². The van der Waals surface area contributed by atoms with Crippen molar-refractivity contribution in [1.82, 2.24) is 0 Å². The van der Waals surface area contributed by atoms with Crippen LogP contribution in [-0.4, -0.2) is 5.94 Å². The maximum absolute atomic E-state index is 9.95. The summed E-state index contributed by atoms with van der Waals surface area (Å²) in [4.78, 5) is 9.95. The summed E-state index contributed by atoms with van der Waals surface area (Å²) in [5, 5.41) is 0. The van der Waals surface area contributed by atoms with Crippen molar-refractivity contribution in [2.24, 2.45) is 0 Å². The topological polar surface area (TPSA) is 17.1 Å². The van der Waals surface area contributed by atoms with Gasteiger partial charge in [-0.2, -0.15) is 0 Å². The van der Waals surface area contributed by atoms with Crippen LogP contribution in [0.5, 0.6) is 0 Å². The van der Waals surface area contributed by atoms with E-state index in [1.54, 1.807) is 6.08 Å². The van der Waals surface area contributed by atoms with Crippen LogP contribution in [0.25, 0.3) is 0 Å². The summed E-state index contributed by atoms with van der Waals surface area (Å²) in [6.45, 7) is 2.17. The SMILES string of the molecule is CCC=CCC=CCCCCCCCCCC=C=O. The second-order valence-electron chi connectivity index (χ2n) is 4.96. The summed E-state index contributed by atoms with van der Waals surface area (Å²) in [5.41, 5.74) is 0. The van der Waals surface area contributed by atoms with Crippen LogP contribution >= 0.6 is 0 Å². The lowest BCUT2D eigenvalue weighted by Crippen LogP contribution is -1.80. The Morgan fingerprint density at radius 3 is 1.95 bits per heavy atom. The summed E-state index contributed by atoms with van der Waals surface area (Å²) in [5.74, 6) is 1.83. The molecule has 0 N–H and O–H groups in total. The minimum Gasteiger partial charge on any atom is -0.234 e. The van der Waals surface area contributed by atoms with Gasteiger partial charge in [-0.3, -0.25) is 0 Å². The van der Waals surface area contributed by atoms with Crippen molar-refractivity contribution in [3.05, 3.63) is 30.4 Å². The number of hydrogen-bond acceptors (Lipinski definition) is 1. The predicted octanol–water partition coefficient (Wildman–Crippen LogP) is 5.80. The zero-order valence-corrected chi connectivity index (χ0v) is 12.6. The molecule has 1 nitrogen and oxygen atoms in total. The minimum absolute atomic E-state index is 0.904. The van der Waals surface area contributed by atoms with Crippen LogP contribution < -0.4 is 0 Å². The normalized spacial score (nSPS) is 11.2. The van der Waals surface area contributed by atoms with Gasteiger partial charge >= 0.3 is 0 Å². The van der Waals surface area contributed by atoms with Crippen molar-refractivity contribution >= 4 is 5.94 Å². The van der Waals surface area contributed by atoms with Gasteiger partial charge in [-0.25, -0.2) is 4.79 Å². The van der Waals surface area contributed by atoms with Crippen molar-refractivity contribution in [3.63, 3.8) is 0 Å². The first kappa shape index (κ1) is 17.9. The average Bonchev–Trinajstić information content (AvgIpc) is 2.43. The van der Waals surface area contributed by atoms with Crippen LogP contribution in [0.3, 0.4) is 0 Å². The summed E-state index contributed by atoms with van der Waals surface area (Å²) in [6, 6.07) is 0. The summed E-state index contributed by atoms with van der Waals surface area (Å²) in [7, 11) is 0. The summed E-state index contributed by atoms with van der Waals surface area (Å²) < 4.78 is 0. The lowest BCUT2D eigenvalue weighted by molar-refractivity contribution is 0.565. The first-order valence-electron chi connectivity index (χ1n) is 7.91. The van der Waals surface area contributed by atoms with E-state index in [1.807, 2.05) is 5.94 Å². The fourth-order valence-corrected chi connectivity index (χ4v) is 2.01. The fourth-order valence-electron chi connectivity index (χ4n) is 2.01. The molecule has 0 saturated heterocycles. The van der Waals surface area contributed by atoms with Gasteiger partial charge in [0.1, 0.15) is 5.94 Å². The maximum atomic E-state index is 9.95. The van der Waals surface area contributed by atoms with E-state index in [4.69, 9.17) is 0 Å². The molecular formula is C18H30O. The Labute approximate surface area is 119 Å². The van der Waals surface area contributed by atoms with E-state index in [9.17, 15) is 4.79 Å². The van der Waals surface area contributed by atoms with Crippen molar-refractivity contribution in [1.29, 1.82) is 0 Å². The second kappa shape index (κ2) is 16.9. The standard InChI is InChI=1S/C18H30O/c1-2-3-4-5-6-7-8-9-10-11-12-13-14-15-16-17-18-19/h3-4,6-7,17H,2,5,8-16H2,1H3. The van der Waals surface area contributed by atoms with Crippen molar-refractivity contribution in [2.45, 2.75) is 77.6 Å². The Balaban J connectivity index is 3.10. The molecule has 0 radical (unpaired) electrons. The highest BCUT2D eigenvalue weighted by Gasteiger charge is 1.90. The van der Waals surface area contributed by atoms with E-state index in [0.717, 1.165) is 25.7 Å². The Bertz CT molecular complexity index is 269. The molecule has 0 bridgehead atoms. The number of hydrogen-bond donors (Lipinski definition) is 0. The molecule has 108 valence electrons. The molecule has 0 aliphatic heterocycles. The lowest BCUT2D eigenvalue weighted by Gasteiger charge is -1.99. The third-order valence-corrected chi connectivity index (χ3v) is 3.14. The van der Waals surface area contributed by atoms with E-state index >= 15 is 0 Å². The third kappa shape index (κ3) is 16.9. The second-order valence-corrected chi connectivity index (χ2v) is 4.96. The van der Waals surface area contributed by atoms with Gasteiger partial charge < -0.3 is 0 Å². The Kier molecular flexibility index (Phi) is 16.0. The molecule has 0 fully saturated rings. The van der Waals surface area contributed by atoms with Crippen LogP contribution in [0.2, 0.25) is 0 Å². The Morgan fingerprint density at radius 2 is 1.32 bits per heavy atom. The zero-order valence-electron chi connectivity index (χ0n) is 12.6. The molecule has 0 amide bonds. The number of carbonyl (C=O) groups excluding carboxylic acids is 1. The van der Waals surface area contributed by atoms with E-state index < -0.39 is 0 Å². The van der Waals surface area contributed by atoms with E-state index in [-0.39, 0.29) is 0 Å². The summed E-state index contributed by atoms with van der Waals surface area (Å²) in [6.07, 6.45) is 24.1. The molecule has 0 atom stereocenters. The smallest absolute Gasteiger partial charge is 0.120 e. The van der Waals surface area contributed by atoms with Gasteiger partial charge in [-0.1, -0.05) is 63.3 Å². The molecular weight excluding hydrogens is 232 g/mol.